The standard InChI is InChI=1S/C13H21N3O2S/c1-3-19(17,18)16-8-4-5-12(10-16)11-6-7-15-13(9-11)14-2/h6-7,9,12H,3-5,8,10H2,1-2H3,(H,14,15)/t12-/m1/s1. The molecule has 0 bridgehead atoms. The summed E-state index contributed by atoms with van der Waals surface area (Å²) in [5, 5.41) is 3.02. The number of hydrogen-bond acceptors (Lipinski definition) is 4. The lowest BCUT2D eigenvalue weighted by atomic mass is 9.92. The highest BCUT2D eigenvalue weighted by molar-refractivity contribution is 7.89. The fraction of sp³-hybridized carbons (Fsp3) is 0.615. The van der Waals surface area contributed by atoms with E-state index in [1.165, 1.54) is 0 Å². The van der Waals surface area contributed by atoms with Gasteiger partial charge in [0.2, 0.25) is 10.0 Å². The zero-order valence-electron chi connectivity index (χ0n) is 11.5. The third-order valence-corrected chi connectivity index (χ3v) is 5.50. The van der Waals surface area contributed by atoms with Crippen molar-refractivity contribution >= 4 is 15.8 Å². The lowest BCUT2D eigenvalue weighted by molar-refractivity contribution is 0.316. The second kappa shape index (κ2) is 5.88. The van der Waals surface area contributed by atoms with Crippen LogP contribution in [-0.4, -0.2) is 43.6 Å². The Hall–Kier alpha value is -1.14. The Labute approximate surface area is 115 Å². The molecule has 0 amide bonds. The zero-order valence-corrected chi connectivity index (χ0v) is 12.3. The van der Waals surface area contributed by atoms with Gasteiger partial charge in [0.05, 0.1) is 5.75 Å². The van der Waals surface area contributed by atoms with E-state index in [-0.39, 0.29) is 11.7 Å². The molecule has 2 rings (SSSR count). The molecule has 6 heteroatoms. The van der Waals surface area contributed by atoms with Gasteiger partial charge >= 0.3 is 0 Å². The number of rotatable bonds is 4. The van der Waals surface area contributed by atoms with Crippen LogP contribution in [0.25, 0.3) is 0 Å². The Kier molecular flexibility index (Phi) is 4.42. The Morgan fingerprint density at radius 1 is 1.53 bits per heavy atom. The van der Waals surface area contributed by atoms with E-state index in [2.05, 4.69) is 10.3 Å². The van der Waals surface area contributed by atoms with Crippen molar-refractivity contribution in [2.75, 3.05) is 31.2 Å². The van der Waals surface area contributed by atoms with Crippen LogP contribution in [0.1, 0.15) is 31.2 Å². The minimum atomic E-state index is -3.08. The predicted octanol–water partition coefficient (Wildman–Crippen LogP) is 1.65. The molecule has 0 spiro atoms. The van der Waals surface area contributed by atoms with E-state index in [1.807, 2.05) is 19.2 Å². The van der Waals surface area contributed by atoms with Crippen LogP contribution in [0.3, 0.4) is 0 Å². The van der Waals surface area contributed by atoms with Crippen LogP contribution in [0.5, 0.6) is 0 Å². The first-order valence-electron chi connectivity index (χ1n) is 6.68. The molecule has 1 N–H and O–H groups in total. The zero-order chi connectivity index (χ0) is 13.9. The van der Waals surface area contributed by atoms with Crippen molar-refractivity contribution in [2.24, 2.45) is 0 Å². The molecule has 106 valence electrons. The van der Waals surface area contributed by atoms with E-state index in [1.54, 1.807) is 17.4 Å². The second-order valence-corrected chi connectivity index (χ2v) is 7.08. The molecule has 0 aliphatic carbocycles. The van der Waals surface area contributed by atoms with Crippen molar-refractivity contribution in [3.05, 3.63) is 23.9 Å². The monoisotopic (exact) mass is 283 g/mol. The normalized spacial score (nSPS) is 21.3. The molecule has 1 aliphatic heterocycles. The quantitative estimate of drug-likeness (QED) is 0.912. The van der Waals surface area contributed by atoms with Gasteiger partial charge in [-0.25, -0.2) is 17.7 Å². The molecule has 0 saturated carbocycles. The summed E-state index contributed by atoms with van der Waals surface area (Å²) in [5.74, 6) is 1.27. The van der Waals surface area contributed by atoms with Crippen LogP contribution in [0.4, 0.5) is 5.82 Å². The Morgan fingerprint density at radius 3 is 3.00 bits per heavy atom. The third kappa shape index (κ3) is 3.25. The first-order chi connectivity index (χ1) is 9.06. The van der Waals surface area contributed by atoms with E-state index in [0.717, 1.165) is 24.2 Å². The summed E-state index contributed by atoms with van der Waals surface area (Å²) in [7, 11) is -1.24. The minimum absolute atomic E-state index is 0.178. The number of sulfonamides is 1. The van der Waals surface area contributed by atoms with E-state index >= 15 is 0 Å². The molecule has 2 heterocycles. The Morgan fingerprint density at radius 2 is 2.32 bits per heavy atom. The molecular formula is C13H21N3O2S. The first-order valence-corrected chi connectivity index (χ1v) is 8.29. The van der Waals surface area contributed by atoms with Gasteiger partial charge in [0.15, 0.2) is 0 Å². The molecule has 1 saturated heterocycles. The highest BCUT2D eigenvalue weighted by Gasteiger charge is 2.28. The topological polar surface area (TPSA) is 62.3 Å². The maximum Gasteiger partial charge on any atom is 0.213 e. The van der Waals surface area contributed by atoms with Crippen molar-refractivity contribution in [2.45, 2.75) is 25.7 Å². The summed E-state index contributed by atoms with van der Waals surface area (Å²) in [5.41, 5.74) is 1.16. The number of nitrogens with zero attached hydrogens (tertiary/aromatic N) is 2. The molecule has 1 aromatic heterocycles. The van der Waals surface area contributed by atoms with Crippen molar-refractivity contribution in [1.29, 1.82) is 0 Å². The van der Waals surface area contributed by atoms with Gasteiger partial charge in [0, 0.05) is 26.3 Å². The molecule has 5 nitrogen and oxygen atoms in total. The van der Waals surface area contributed by atoms with E-state index in [4.69, 9.17) is 0 Å². The smallest absolute Gasteiger partial charge is 0.213 e. The van der Waals surface area contributed by atoms with Crippen molar-refractivity contribution in [3.8, 4) is 0 Å². The number of anilines is 1. The van der Waals surface area contributed by atoms with Crippen LogP contribution in [0.2, 0.25) is 0 Å². The van der Waals surface area contributed by atoms with Gasteiger partial charge in [0.1, 0.15) is 5.82 Å². The molecule has 19 heavy (non-hydrogen) atoms. The molecule has 0 unspecified atom stereocenters. The lowest BCUT2D eigenvalue weighted by Gasteiger charge is -2.32. The average molecular weight is 283 g/mol. The van der Waals surface area contributed by atoms with Gasteiger partial charge in [-0.1, -0.05) is 0 Å². The molecule has 0 aromatic carbocycles. The maximum atomic E-state index is 12.0. The number of piperidine rings is 1. The minimum Gasteiger partial charge on any atom is -0.373 e. The summed E-state index contributed by atoms with van der Waals surface area (Å²) >= 11 is 0. The molecule has 1 aliphatic rings. The Balaban J connectivity index is 2.17. The SMILES string of the molecule is CCS(=O)(=O)N1CCC[C@@H](c2ccnc(NC)c2)C1. The van der Waals surface area contributed by atoms with Crippen LogP contribution in [-0.2, 0) is 10.0 Å². The van der Waals surface area contributed by atoms with Crippen molar-refractivity contribution in [3.63, 3.8) is 0 Å². The van der Waals surface area contributed by atoms with Gasteiger partial charge in [-0.2, -0.15) is 0 Å². The second-order valence-electron chi connectivity index (χ2n) is 4.82. The summed E-state index contributed by atoms with van der Waals surface area (Å²) in [4.78, 5) is 4.19. The fourth-order valence-corrected chi connectivity index (χ4v) is 3.67. The number of nitrogens with one attached hydrogen (secondary N) is 1. The summed E-state index contributed by atoms with van der Waals surface area (Å²) in [6.07, 6.45) is 3.72. The molecule has 1 atom stereocenters. The maximum absolute atomic E-state index is 12.0. The van der Waals surface area contributed by atoms with Crippen LogP contribution in [0, 0.1) is 0 Å². The number of hydrogen-bond donors (Lipinski definition) is 1. The van der Waals surface area contributed by atoms with Crippen LogP contribution < -0.4 is 5.32 Å². The van der Waals surface area contributed by atoms with Crippen molar-refractivity contribution < 1.29 is 8.42 Å². The van der Waals surface area contributed by atoms with Gasteiger partial charge in [-0.3, -0.25) is 0 Å². The predicted molar refractivity (Wildman–Crippen MR) is 76.8 cm³/mol. The average Bonchev–Trinajstić information content (AvgIpc) is 2.47. The Bertz CT molecular complexity index is 530. The van der Waals surface area contributed by atoms with Gasteiger partial charge in [0.25, 0.3) is 0 Å². The highest BCUT2D eigenvalue weighted by Crippen LogP contribution is 2.29. The van der Waals surface area contributed by atoms with E-state index < -0.39 is 10.0 Å². The molecule has 1 fully saturated rings. The number of aromatic nitrogens is 1. The largest absolute Gasteiger partial charge is 0.373 e. The molecule has 1 aromatic rings. The molecule has 0 radical (unpaired) electrons. The van der Waals surface area contributed by atoms with E-state index in [0.29, 0.717) is 13.1 Å². The third-order valence-electron chi connectivity index (χ3n) is 3.65. The van der Waals surface area contributed by atoms with Crippen LogP contribution >= 0.6 is 0 Å². The summed E-state index contributed by atoms with van der Waals surface area (Å²) < 4.78 is 25.5. The van der Waals surface area contributed by atoms with Crippen LogP contribution in [0.15, 0.2) is 18.3 Å². The molecular weight excluding hydrogens is 262 g/mol. The van der Waals surface area contributed by atoms with Gasteiger partial charge in [-0.15, -0.1) is 0 Å². The number of pyridine rings is 1. The van der Waals surface area contributed by atoms with Gasteiger partial charge in [-0.05, 0) is 43.4 Å². The van der Waals surface area contributed by atoms with E-state index in [9.17, 15) is 8.42 Å². The highest BCUT2D eigenvalue weighted by atomic mass is 32.2. The van der Waals surface area contributed by atoms with Gasteiger partial charge < -0.3 is 5.32 Å². The van der Waals surface area contributed by atoms with Crippen molar-refractivity contribution in [1.82, 2.24) is 9.29 Å². The summed E-state index contributed by atoms with van der Waals surface area (Å²) in [6.45, 7) is 2.93. The summed E-state index contributed by atoms with van der Waals surface area (Å²) in [6, 6.07) is 3.99. The first kappa shape index (κ1) is 14.3. The lowest BCUT2D eigenvalue weighted by Crippen LogP contribution is -2.39. The fourth-order valence-electron chi connectivity index (χ4n) is 2.49.